The minimum atomic E-state index is -1.22. The Bertz CT molecular complexity index is 475. The lowest BCUT2D eigenvalue weighted by Crippen LogP contribution is -2.43. The van der Waals surface area contributed by atoms with E-state index in [4.69, 9.17) is 0 Å². The van der Waals surface area contributed by atoms with Crippen LogP contribution < -0.4 is 0 Å². The predicted molar refractivity (Wildman–Crippen MR) is 65.7 cm³/mol. The van der Waals surface area contributed by atoms with Crippen molar-refractivity contribution in [3.8, 4) is 0 Å². The topological polar surface area (TPSA) is 52.9 Å². The smallest absolute Gasteiger partial charge is 0.276 e. The Kier molecular flexibility index (Phi) is 2.75. The third kappa shape index (κ3) is 2.22. The number of amides is 1. The number of aryl methyl sites for hydroxylation is 1. The van der Waals surface area contributed by atoms with Gasteiger partial charge in [-0.3, -0.25) is 4.79 Å². The van der Waals surface area contributed by atoms with Gasteiger partial charge in [0.1, 0.15) is 0 Å². The average Bonchev–Trinajstić information content (AvgIpc) is 2.52. The summed E-state index contributed by atoms with van der Waals surface area (Å²) in [6, 6.07) is 7.23. The summed E-state index contributed by atoms with van der Waals surface area (Å²) in [5.41, 5.74) is 1.17. The number of hydrogen-bond donors (Lipinski definition) is 1. The molecule has 0 aromatic heterocycles. The highest BCUT2D eigenvalue weighted by atomic mass is 16.3. The molecule has 17 heavy (non-hydrogen) atoms. The van der Waals surface area contributed by atoms with Crippen LogP contribution in [0.3, 0.4) is 0 Å². The van der Waals surface area contributed by atoms with E-state index < -0.39 is 5.72 Å². The van der Waals surface area contributed by atoms with Gasteiger partial charge in [-0.25, -0.2) is 0 Å². The van der Waals surface area contributed by atoms with Crippen LogP contribution in [0.1, 0.15) is 36.2 Å². The van der Waals surface area contributed by atoms with Crippen molar-refractivity contribution in [3.63, 3.8) is 0 Å². The van der Waals surface area contributed by atoms with E-state index in [0.717, 1.165) is 16.3 Å². The van der Waals surface area contributed by atoms with Gasteiger partial charge in [0.05, 0.1) is 0 Å². The van der Waals surface area contributed by atoms with E-state index in [0.29, 0.717) is 12.0 Å². The maximum absolute atomic E-state index is 12.2. The zero-order chi connectivity index (χ0) is 12.6. The molecule has 1 heterocycles. The molecular weight excluding hydrogens is 216 g/mol. The van der Waals surface area contributed by atoms with Gasteiger partial charge in [0, 0.05) is 17.7 Å². The quantitative estimate of drug-likeness (QED) is 0.804. The number of carbonyl (C=O) groups is 1. The number of benzene rings is 1. The first-order valence-electron chi connectivity index (χ1n) is 5.58. The van der Waals surface area contributed by atoms with Crippen LogP contribution in [-0.4, -0.2) is 27.5 Å². The highest BCUT2D eigenvalue weighted by Crippen LogP contribution is 2.26. The van der Waals surface area contributed by atoms with Gasteiger partial charge in [-0.1, -0.05) is 17.7 Å². The van der Waals surface area contributed by atoms with Gasteiger partial charge in [0.25, 0.3) is 5.91 Å². The molecular formula is C13H16N2O2. The molecule has 1 N–H and O–H groups in total. The molecule has 1 aromatic rings. The predicted octanol–water partition coefficient (Wildman–Crippen LogP) is 1.93. The molecule has 1 unspecified atom stereocenters. The third-order valence-corrected chi connectivity index (χ3v) is 2.81. The van der Waals surface area contributed by atoms with Gasteiger partial charge in [-0.15, -0.1) is 0 Å². The van der Waals surface area contributed by atoms with E-state index in [-0.39, 0.29) is 5.91 Å². The zero-order valence-electron chi connectivity index (χ0n) is 10.3. The molecule has 0 saturated carbocycles. The summed E-state index contributed by atoms with van der Waals surface area (Å²) in [6.07, 6.45) is 0.393. The molecule has 0 aliphatic carbocycles. The Labute approximate surface area is 101 Å². The molecule has 1 aliphatic heterocycles. The summed E-state index contributed by atoms with van der Waals surface area (Å²) in [4.78, 5) is 12.2. The van der Waals surface area contributed by atoms with Gasteiger partial charge in [-0.05, 0) is 32.9 Å². The highest BCUT2D eigenvalue weighted by molar-refractivity contribution is 5.97. The maximum Gasteiger partial charge on any atom is 0.276 e. The standard InChI is InChI=1S/C13H16N2O2/c1-9-4-6-11(7-5-9)12(16)15-13(3,17)8-10(2)14-15/h4-7,17H,8H2,1-3H3. The molecule has 0 spiro atoms. The largest absolute Gasteiger partial charge is 0.369 e. The minimum Gasteiger partial charge on any atom is -0.369 e. The Morgan fingerprint density at radius 1 is 1.35 bits per heavy atom. The second-order valence-electron chi connectivity index (χ2n) is 4.71. The summed E-state index contributed by atoms with van der Waals surface area (Å²) in [7, 11) is 0. The van der Waals surface area contributed by atoms with Crippen molar-refractivity contribution in [2.75, 3.05) is 0 Å². The average molecular weight is 232 g/mol. The molecule has 0 radical (unpaired) electrons. The molecule has 90 valence electrons. The van der Waals surface area contributed by atoms with Crippen molar-refractivity contribution in [2.45, 2.75) is 32.9 Å². The van der Waals surface area contributed by atoms with Crippen LogP contribution >= 0.6 is 0 Å². The van der Waals surface area contributed by atoms with E-state index >= 15 is 0 Å². The van der Waals surface area contributed by atoms with Gasteiger partial charge < -0.3 is 5.11 Å². The first kappa shape index (κ1) is 11.8. The molecule has 4 nitrogen and oxygen atoms in total. The van der Waals surface area contributed by atoms with Crippen molar-refractivity contribution in [1.29, 1.82) is 0 Å². The Hall–Kier alpha value is -1.68. The fourth-order valence-electron chi connectivity index (χ4n) is 1.96. The summed E-state index contributed by atoms with van der Waals surface area (Å²) >= 11 is 0. The number of carbonyl (C=O) groups excluding carboxylic acids is 1. The van der Waals surface area contributed by atoms with Crippen LogP contribution in [0.5, 0.6) is 0 Å². The fraction of sp³-hybridized carbons (Fsp3) is 0.385. The van der Waals surface area contributed by atoms with Crippen LogP contribution in [-0.2, 0) is 0 Å². The van der Waals surface area contributed by atoms with Gasteiger partial charge in [-0.2, -0.15) is 10.1 Å². The molecule has 4 heteroatoms. The van der Waals surface area contributed by atoms with Gasteiger partial charge >= 0.3 is 0 Å². The van der Waals surface area contributed by atoms with E-state index in [9.17, 15) is 9.90 Å². The number of nitrogens with zero attached hydrogens (tertiary/aromatic N) is 2. The molecule has 1 amide bonds. The SMILES string of the molecule is CC1=NN(C(=O)c2ccc(C)cc2)C(C)(O)C1. The van der Waals surface area contributed by atoms with E-state index in [1.807, 2.05) is 19.1 Å². The zero-order valence-corrected chi connectivity index (χ0v) is 10.3. The molecule has 1 aliphatic rings. The fourth-order valence-corrected chi connectivity index (χ4v) is 1.96. The van der Waals surface area contributed by atoms with E-state index in [1.54, 1.807) is 26.0 Å². The van der Waals surface area contributed by atoms with Crippen molar-refractivity contribution >= 4 is 11.6 Å². The molecule has 0 saturated heterocycles. The summed E-state index contributed by atoms with van der Waals surface area (Å²) < 4.78 is 0. The monoisotopic (exact) mass is 232 g/mol. The van der Waals surface area contributed by atoms with Crippen LogP contribution in [0, 0.1) is 6.92 Å². The van der Waals surface area contributed by atoms with Crippen molar-refractivity contribution < 1.29 is 9.90 Å². The van der Waals surface area contributed by atoms with E-state index in [2.05, 4.69) is 5.10 Å². The highest BCUT2D eigenvalue weighted by Gasteiger charge is 2.39. The first-order chi connectivity index (χ1) is 7.90. The van der Waals surface area contributed by atoms with E-state index in [1.165, 1.54) is 0 Å². The van der Waals surface area contributed by atoms with Crippen LogP contribution in [0.4, 0.5) is 0 Å². The number of hydrogen-bond acceptors (Lipinski definition) is 3. The molecule has 0 bridgehead atoms. The lowest BCUT2D eigenvalue weighted by Gasteiger charge is -2.26. The Balaban J connectivity index is 2.29. The Morgan fingerprint density at radius 3 is 2.41 bits per heavy atom. The second-order valence-corrected chi connectivity index (χ2v) is 4.71. The normalized spacial score (nSPS) is 23.8. The van der Waals surface area contributed by atoms with Crippen molar-refractivity contribution in [3.05, 3.63) is 35.4 Å². The lowest BCUT2D eigenvalue weighted by molar-refractivity contribution is -0.0553. The first-order valence-corrected chi connectivity index (χ1v) is 5.58. The molecule has 2 rings (SSSR count). The summed E-state index contributed by atoms with van der Waals surface area (Å²) in [5.74, 6) is -0.271. The number of aliphatic hydroxyl groups is 1. The number of hydrazone groups is 1. The molecule has 1 aromatic carbocycles. The minimum absolute atomic E-state index is 0.271. The van der Waals surface area contributed by atoms with Crippen molar-refractivity contribution in [2.24, 2.45) is 5.10 Å². The summed E-state index contributed by atoms with van der Waals surface area (Å²) in [6.45, 7) is 5.36. The van der Waals surface area contributed by atoms with Crippen LogP contribution in [0.15, 0.2) is 29.4 Å². The summed E-state index contributed by atoms with van der Waals surface area (Å²) in [5, 5.41) is 15.4. The number of rotatable bonds is 1. The molecule has 0 fully saturated rings. The Morgan fingerprint density at radius 2 is 1.94 bits per heavy atom. The lowest BCUT2D eigenvalue weighted by atomic mass is 10.1. The second kappa shape index (κ2) is 3.96. The van der Waals surface area contributed by atoms with Crippen LogP contribution in [0.25, 0.3) is 0 Å². The van der Waals surface area contributed by atoms with Crippen molar-refractivity contribution in [1.82, 2.24) is 5.01 Å². The maximum atomic E-state index is 12.2. The molecule has 1 atom stereocenters. The van der Waals surface area contributed by atoms with Gasteiger partial charge in [0.15, 0.2) is 5.72 Å². The third-order valence-electron chi connectivity index (χ3n) is 2.81. The van der Waals surface area contributed by atoms with Crippen LogP contribution in [0.2, 0.25) is 0 Å². The van der Waals surface area contributed by atoms with Gasteiger partial charge in [0.2, 0.25) is 0 Å².